The number of para-hydroxylation sites is 1. The molecule has 3 N–H and O–H groups in total. The first-order valence-corrected chi connectivity index (χ1v) is 16.8. The molecule has 2 aliphatic heterocycles. The summed E-state index contributed by atoms with van der Waals surface area (Å²) < 4.78 is 32.8. The van der Waals surface area contributed by atoms with Gasteiger partial charge in [0.05, 0.1) is 27.6 Å². The summed E-state index contributed by atoms with van der Waals surface area (Å²) in [6.07, 6.45) is 1.63. The maximum Gasteiger partial charge on any atom is 0.254 e. The molecule has 0 saturated carbocycles. The van der Waals surface area contributed by atoms with Crippen LogP contribution in [0.1, 0.15) is 49.2 Å². The van der Waals surface area contributed by atoms with E-state index in [-0.39, 0.29) is 16.9 Å². The van der Waals surface area contributed by atoms with E-state index in [2.05, 4.69) is 43.5 Å². The number of sulfone groups is 1. The second-order valence-corrected chi connectivity index (χ2v) is 14.2. The Morgan fingerprint density at radius 1 is 1.12 bits per heavy atom. The quantitative estimate of drug-likeness (QED) is 0.188. The van der Waals surface area contributed by atoms with E-state index >= 15 is 0 Å². The van der Waals surface area contributed by atoms with Gasteiger partial charge in [-0.05, 0) is 57.5 Å². The van der Waals surface area contributed by atoms with Crippen LogP contribution in [0.2, 0.25) is 0 Å². The summed E-state index contributed by atoms with van der Waals surface area (Å²) in [5.74, 6) is 1.89. The number of nitrogens with zero attached hydrogens (tertiary/aromatic N) is 3. The number of halogens is 1. The number of benzene rings is 2. The minimum absolute atomic E-state index is 0.0116. The molecule has 5 rings (SSSR count). The first-order chi connectivity index (χ1) is 19.6. The maximum atomic E-state index is 13.3. The van der Waals surface area contributed by atoms with Crippen molar-refractivity contribution in [2.45, 2.75) is 54.9 Å². The average Bonchev–Trinajstić information content (AvgIpc) is 3.20. The van der Waals surface area contributed by atoms with Crippen molar-refractivity contribution in [3.05, 3.63) is 59.3 Å². The molecule has 41 heavy (non-hydrogen) atoms. The molecule has 2 aromatic carbocycles. The smallest absolute Gasteiger partial charge is 0.254 e. The van der Waals surface area contributed by atoms with Crippen molar-refractivity contribution in [3.63, 3.8) is 0 Å². The summed E-state index contributed by atoms with van der Waals surface area (Å²) in [7, 11) is -3.52. The molecule has 10 nitrogen and oxygen atoms in total. The highest BCUT2D eigenvalue weighted by Gasteiger charge is 2.32. The SMILES string of the molecule is CC(C)Oc1cc2c(cc1Nc1ncc(CI)c(Nc3ccccc3S(=O)(=O)C(C)C)n1)C(=O)N(CC1CNC1)C2. The van der Waals surface area contributed by atoms with Crippen molar-refractivity contribution in [1.29, 1.82) is 0 Å². The van der Waals surface area contributed by atoms with Crippen molar-refractivity contribution in [1.82, 2.24) is 20.2 Å². The van der Waals surface area contributed by atoms with Crippen LogP contribution in [0.25, 0.3) is 0 Å². The van der Waals surface area contributed by atoms with Crippen molar-refractivity contribution >= 4 is 61.5 Å². The molecule has 12 heteroatoms. The van der Waals surface area contributed by atoms with Crippen molar-refractivity contribution in [3.8, 4) is 5.75 Å². The fraction of sp³-hybridized carbons (Fsp3) is 0.414. The molecule has 0 aliphatic carbocycles. The van der Waals surface area contributed by atoms with Gasteiger partial charge in [0, 0.05) is 53.8 Å². The van der Waals surface area contributed by atoms with Crippen LogP contribution in [0.4, 0.5) is 23.1 Å². The highest BCUT2D eigenvalue weighted by atomic mass is 127. The topological polar surface area (TPSA) is 126 Å². The Labute approximate surface area is 254 Å². The largest absolute Gasteiger partial charge is 0.489 e. The first kappa shape index (κ1) is 29.5. The van der Waals surface area contributed by atoms with Crippen LogP contribution in [0.15, 0.2) is 47.5 Å². The average molecular weight is 691 g/mol. The van der Waals surface area contributed by atoms with Crippen LogP contribution in [0, 0.1) is 5.92 Å². The minimum atomic E-state index is -3.52. The Bertz CT molecular complexity index is 1560. The Hall–Kier alpha value is -2.97. The molecule has 0 bridgehead atoms. The lowest BCUT2D eigenvalue weighted by Crippen LogP contribution is -2.48. The summed E-state index contributed by atoms with van der Waals surface area (Å²) >= 11 is 2.23. The lowest BCUT2D eigenvalue weighted by atomic mass is 10.0. The molecule has 2 aliphatic rings. The summed E-state index contributed by atoms with van der Waals surface area (Å²) in [6, 6.07) is 10.6. The van der Waals surface area contributed by atoms with Crippen LogP contribution in [0.3, 0.4) is 0 Å². The summed E-state index contributed by atoms with van der Waals surface area (Å²) in [6.45, 7) is 10.4. The summed E-state index contributed by atoms with van der Waals surface area (Å²) in [4.78, 5) is 24.6. The van der Waals surface area contributed by atoms with E-state index in [1.165, 1.54) is 0 Å². The molecule has 1 aromatic heterocycles. The molecule has 0 unspecified atom stereocenters. The van der Waals surface area contributed by atoms with Crippen molar-refractivity contribution < 1.29 is 17.9 Å². The number of rotatable bonds is 11. The number of hydrogen-bond acceptors (Lipinski definition) is 9. The lowest BCUT2D eigenvalue weighted by molar-refractivity contribution is 0.0732. The fourth-order valence-electron chi connectivity index (χ4n) is 4.78. The van der Waals surface area contributed by atoms with Gasteiger partial charge < -0.3 is 25.6 Å². The number of nitrogens with one attached hydrogen (secondary N) is 3. The van der Waals surface area contributed by atoms with Gasteiger partial charge >= 0.3 is 0 Å². The third kappa shape index (κ3) is 6.28. The number of aromatic nitrogens is 2. The van der Waals surface area contributed by atoms with E-state index < -0.39 is 15.1 Å². The van der Waals surface area contributed by atoms with Crippen LogP contribution in [0.5, 0.6) is 5.75 Å². The Kier molecular flexibility index (Phi) is 8.71. The van der Waals surface area contributed by atoms with E-state index in [4.69, 9.17) is 9.72 Å². The Morgan fingerprint density at radius 3 is 2.54 bits per heavy atom. The summed E-state index contributed by atoms with van der Waals surface area (Å²) in [5.41, 5.74) is 3.44. The van der Waals surface area contributed by atoms with Crippen LogP contribution >= 0.6 is 22.6 Å². The molecule has 0 spiro atoms. The molecule has 0 radical (unpaired) electrons. The van der Waals surface area contributed by atoms with Crippen LogP contribution in [-0.4, -0.2) is 60.2 Å². The Morgan fingerprint density at radius 2 is 1.88 bits per heavy atom. The zero-order valence-corrected chi connectivity index (χ0v) is 26.5. The van der Waals surface area contributed by atoms with E-state index in [9.17, 15) is 13.2 Å². The summed E-state index contributed by atoms with van der Waals surface area (Å²) in [5, 5.41) is 9.19. The fourth-order valence-corrected chi connectivity index (χ4v) is 6.54. The third-order valence-electron chi connectivity index (χ3n) is 7.11. The standard InChI is InChI=1S/C29H35IN6O4S/c1-17(2)40-25-9-20-16-36(15-19-12-31-13-19)28(37)22(20)10-24(25)34-29-32-14-21(11-30)27(35-29)33-23-7-5-6-8-26(23)41(38,39)18(3)4/h5-10,14,17-19,31H,11-13,15-16H2,1-4H3,(H2,32,33,34,35). The molecular formula is C29H35IN6O4S. The van der Waals surface area contributed by atoms with Gasteiger partial charge in [0.25, 0.3) is 5.91 Å². The van der Waals surface area contributed by atoms with Gasteiger partial charge in [-0.2, -0.15) is 4.98 Å². The molecule has 1 amide bonds. The second-order valence-electron chi connectivity index (χ2n) is 10.9. The van der Waals surface area contributed by atoms with Crippen LogP contribution in [-0.2, 0) is 20.8 Å². The predicted molar refractivity (Wildman–Crippen MR) is 168 cm³/mol. The zero-order chi connectivity index (χ0) is 29.3. The lowest BCUT2D eigenvalue weighted by Gasteiger charge is -2.31. The molecule has 3 aromatic rings. The number of amides is 1. The van der Waals surface area contributed by atoms with Gasteiger partial charge in [0.1, 0.15) is 11.6 Å². The molecule has 0 atom stereocenters. The van der Waals surface area contributed by atoms with Crippen LogP contribution < -0.4 is 20.7 Å². The molecule has 1 saturated heterocycles. The van der Waals surface area contributed by atoms with Crippen molar-refractivity contribution in [2.24, 2.45) is 5.92 Å². The number of fused-ring (bicyclic) bond motifs is 1. The number of anilines is 4. The van der Waals surface area contributed by atoms with Gasteiger partial charge in [-0.3, -0.25) is 4.79 Å². The van der Waals surface area contributed by atoms with Crippen molar-refractivity contribution in [2.75, 3.05) is 30.3 Å². The highest BCUT2D eigenvalue weighted by Crippen LogP contribution is 2.36. The van der Waals surface area contributed by atoms with Gasteiger partial charge in [-0.15, -0.1) is 0 Å². The normalized spacial score (nSPS) is 15.3. The van der Waals surface area contributed by atoms with E-state index in [1.807, 2.05) is 30.9 Å². The molecule has 1 fully saturated rings. The highest BCUT2D eigenvalue weighted by molar-refractivity contribution is 14.1. The first-order valence-electron chi connectivity index (χ1n) is 13.7. The van der Waals surface area contributed by atoms with Gasteiger partial charge in [0.2, 0.25) is 5.95 Å². The van der Waals surface area contributed by atoms with Gasteiger partial charge in [-0.1, -0.05) is 34.7 Å². The number of hydrogen-bond donors (Lipinski definition) is 3. The van der Waals surface area contributed by atoms with Gasteiger partial charge in [-0.25, -0.2) is 13.4 Å². The number of carbonyl (C=O) groups is 1. The number of alkyl halides is 1. The molecular weight excluding hydrogens is 655 g/mol. The number of carbonyl (C=O) groups excluding carboxylic acids is 1. The molecule has 218 valence electrons. The van der Waals surface area contributed by atoms with E-state index in [1.54, 1.807) is 44.3 Å². The van der Waals surface area contributed by atoms with Gasteiger partial charge in [0.15, 0.2) is 9.84 Å². The maximum absolute atomic E-state index is 13.3. The predicted octanol–water partition coefficient (Wildman–Crippen LogP) is 5.04. The minimum Gasteiger partial charge on any atom is -0.489 e. The molecule has 3 heterocycles. The number of ether oxygens (including phenoxy) is 1. The third-order valence-corrected chi connectivity index (χ3v) is 10.1. The monoisotopic (exact) mass is 690 g/mol. The van der Waals surface area contributed by atoms with E-state index in [0.29, 0.717) is 51.3 Å². The Balaban J connectivity index is 1.46. The zero-order valence-electron chi connectivity index (χ0n) is 23.6. The second kappa shape index (κ2) is 12.1. The van der Waals surface area contributed by atoms with E-state index in [0.717, 1.165) is 30.8 Å².